The molecule has 0 spiro atoms. The summed E-state index contributed by atoms with van der Waals surface area (Å²) in [6.07, 6.45) is 4.43. The van der Waals surface area contributed by atoms with E-state index in [2.05, 4.69) is 6.92 Å². The molecule has 0 heterocycles. The second kappa shape index (κ2) is 4.67. The van der Waals surface area contributed by atoms with Crippen molar-refractivity contribution in [3.05, 3.63) is 6.92 Å². The molecule has 1 saturated carbocycles. The van der Waals surface area contributed by atoms with Crippen molar-refractivity contribution in [1.82, 2.24) is 0 Å². The lowest BCUT2D eigenvalue weighted by atomic mass is 9.86. The molecule has 3 heteroatoms. The van der Waals surface area contributed by atoms with Gasteiger partial charge in [0.15, 0.2) is 0 Å². The molecule has 1 rings (SSSR count). The molecule has 1 fully saturated rings. The van der Waals surface area contributed by atoms with E-state index in [1.807, 2.05) is 6.92 Å². The number of carbonyl (C=O) groups excluding carboxylic acids is 1. The minimum atomic E-state index is -0.586. The molecule has 0 saturated heterocycles. The molecule has 0 aromatic carbocycles. The Bertz CT molecular complexity index is 193. The van der Waals surface area contributed by atoms with Crippen molar-refractivity contribution in [2.75, 3.05) is 0 Å². The van der Waals surface area contributed by atoms with Crippen LogP contribution in [0.2, 0.25) is 0 Å². The lowest BCUT2D eigenvalue weighted by molar-refractivity contribution is -0.0500. The molecule has 1 unspecified atom stereocenters. The first-order chi connectivity index (χ1) is 6.52. The summed E-state index contributed by atoms with van der Waals surface area (Å²) in [6, 6.07) is 0. The summed E-state index contributed by atoms with van der Waals surface area (Å²) in [5.74, 6) is 0. The molecular weight excluding hydrogens is 180 g/mol. The van der Waals surface area contributed by atoms with Crippen LogP contribution in [0, 0.1) is 6.92 Å². The predicted octanol–water partition coefficient (Wildman–Crippen LogP) is 3.08. The van der Waals surface area contributed by atoms with E-state index in [4.69, 9.17) is 9.47 Å². The number of ether oxygens (including phenoxy) is 2. The largest absolute Gasteiger partial charge is 0.509 e. The predicted molar refractivity (Wildman–Crippen MR) is 53.9 cm³/mol. The Morgan fingerprint density at radius 1 is 1.36 bits per heavy atom. The van der Waals surface area contributed by atoms with E-state index in [1.54, 1.807) is 6.92 Å². The highest BCUT2D eigenvalue weighted by molar-refractivity contribution is 5.60. The van der Waals surface area contributed by atoms with Crippen LogP contribution >= 0.6 is 0 Å². The van der Waals surface area contributed by atoms with Crippen molar-refractivity contribution < 1.29 is 14.3 Å². The smallest absolute Gasteiger partial charge is 0.431 e. The molecule has 14 heavy (non-hydrogen) atoms. The maximum absolute atomic E-state index is 11.2. The standard InChI is InChI=1S/C11H19O3/c1-9(2)13-10(12)14-11(3)7-5-4-6-8-11/h9H,1,4-8H2,2-3H3. The number of hydrogen-bond acceptors (Lipinski definition) is 3. The number of rotatable bonds is 2. The summed E-state index contributed by atoms with van der Waals surface area (Å²) in [7, 11) is 0. The van der Waals surface area contributed by atoms with Gasteiger partial charge in [-0.05, 0) is 46.5 Å². The lowest BCUT2D eigenvalue weighted by Crippen LogP contribution is -2.34. The minimum Gasteiger partial charge on any atom is -0.431 e. The van der Waals surface area contributed by atoms with Gasteiger partial charge in [0.05, 0.1) is 0 Å². The molecular formula is C11H19O3. The van der Waals surface area contributed by atoms with Crippen LogP contribution in [-0.2, 0) is 9.47 Å². The minimum absolute atomic E-state index is 0.315. The fourth-order valence-corrected chi connectivity index (χ4v) is 1.79. The Hall–Kier alpha value is -0.730. The van der Waals surface area contributed by atoms with Crippen LogP contribution in [-0.4, -0.2) is 17.9 Å². The van der Waals surface area contributed by atoms with Crippen LogP contribution in [0.15, 0.2) is 0 Å². The van der Waals surface area contributed by atoms with Gasteiger partial charge in [0.2, 0.25) is 0 Å². The molecule has 0 amide bonds. The zero-order valence-electron chi connectivity index (χ0n) is 9.04. The SMILES string of the molecule is [CH2]C(C)OC(=O)OC1(C)CCCCC1. The summed E-state index contributed by atoms with van der Waals surface area (Å²) in [6.45, 7) is 7.26. The average Bonchev–Trinajstić information content (AvgIpc) is 2.02. The number of hydrogen-bond donors (Lipinski definition) is 0. The fourth-order valence-electron chi connectivity index (χ4n) is 1.79. The van der Waals surface area contributed by atoms with Crippen LogP contribution in [0.4, 0.5) is 4.79 Å². The van der Waals surface area contributed by atoms with Gasteiger partial charge in [-0.25, -0.2) is 4.79 Å². The third kappa shape index (κ3) is 3.56. The van der Waals surface area contributed by atoms with E-state index in [0.29, 0.717) is 0 Å². The fraction of sp³-hybridized carbons (Fsp3) is 0.818. The summed E-state index contributed by atoms with van der Waals surface area (Å²) >= 11 is 0. The third-order valence-electron chi connectivity index (χ3n) is 2.54. The van der Waals surface area contributed by atoms with Gasteiger partial charge in [0.25, 0.3) is 0 Å². The first-order valence-electron chi connectivity index (χ1n) is 5.24. The van der Waals surface area contributed by atoms with Crippen LogP contribution in [0.5, 0.6) is 0 Å². The van der Waals surface area contributed by atoms with Gasteiger partial charge in [-0.1, -0.05) is 6.42 Å². The molecule has 1 atom stereocenters. The van der Waals surface area contributed by atoms with E-state index >= 15 is 0 Å². The molecule has 0 aromatic rings. The second-order valence-corrected chi connectivity index (χ2v) is 4.29. The molecule has 0 aromatic heterocycles. The first-order valence-corrected chi connectivity index (χ1v) is 5.24. The normalized spacial score (nSPS) is 20.6. The first kappa shape index (κ1) is 11.3. The Labute approximate surface area is 85.8 Å². The zero-order valence-corrected chi connectivity index (χ0v) is 9.04. The Kier molecular flexibility index (Phi) is 3.78. The topological polar surface area (TPSA) is 35.5 Å². The third-order valence-corrected chi connectivity index (χ3v) is 2.54. The van der Waals surface area contributed by atoms with Crippen LogP contribution in [0.3, 0.4) is 0 Å². The van der Waals surface area contributed by atoms with Gasteiger partial charge >= 0.3 is 6.16 Å². The molecule has 1 radical (unpaired) electrons. The van der Waals surface area contributed by atoms with Gasteiger partial charge in [0, 0.05) is 0 Å². The van der Waals surface area contributed by atoms with Crippen molar-refractivity contribution in [2.45, 2.75) is 57.7 Å². The highest BCUT2D eigenvalue weighted by Gasteiger charge is 2.31. The average molecular weight is 199 g/mol. The maximum atomic E-state index is 11.2. The van der Waals surface area contributed by atoms with E-state index in [1.165, 1.54) is 6.42 Å². The van der Waals surface area contributed by atoms with E-state index in [9.17, 15) is 4.79 Å². The van der Waals surface area contributed by atoms with Crippen molar-refractivity contribution in [2.24, 2.45) is 0 Å². The van der Waals surface area contributed by atoms with Crippen LogP contribution < -0.4 is 0 Å². The number of carbonyl (C=O) groups is 1. The molecule has 0 bridgehead atoms. The molecule has 1 aliphatic rings. The monoisotopic (exact) mass is 199 g/mol. The van der Waals surface area contributed by atoms with E-state index < -0.39 is 6.16 Å². The summed E-state index contributed by atoms with van der Waals surface area (Å²) in [4.78, 5) is 11.2. The van der Waals surface area contributed by atoms with E-state index in [0.717, 1.165) is 25.7 Å². The highest BCUT2D eigenvalue weighted by atomic mass is 16.7. The zero-order chi connectivity index (χ0) is 10.6. The molecule has 3 nitrogen and oxygen atoms in total. The summed E-state index contributed by atoms with van der Waals surface area (Å²) < 4.78 is 10.1. The lowest BCUT2D eigenvalue weighted by Gasteiger charge is -2.32. The van der Waals surface area contributed by atoms with Crippen LogP contribution in [0.25, 0.3) is 0 Å². The second-order valence-electron chi connectivity index (χ2n) is 4.29. The Balaban J connectivity index is 2.37. The van der Waals surface area contributed by atoms with Crippen molar-refractivity contribution in [3.8, 4) is 0 Å². The highest BCUT2D eigenvalue weighted by Crippen LogP contribution is 2.31. The Morgan fingerprint density at radius 2 is 1.93 bits per heavy atom. The van der Waals surface area contributed by atoms with Crippen molar-refractivity contribution in [1.29, 1.82) is 0 Å². The maximum Gasteiger partial charge on any atom is 0.509 e. The van der Waals surface area contributed by atoms with Gasteiger partial charge < -0.3 is 9.47 Å². The van der Waals surface area contributed by atoms with Gasteiger partial charge in [-0.2, -0.15) is 0 Å². The van der Waals surface area contributed by atoms with E-state index in [-0.39, 0.29) is 11.7 Å². The van der Waals surface area contributed by atoms with Gasteiger partial charge in [0.1, 0.15) is 11.7 Å². The van der Waals surface area contributed by atoms with Crippen LogP contribution in [0.1, 0.15) is 46.0 Å². The molecule has 1 aliphatic carbocycles. The quantitative estimate of drug-likeness (QED) is 0.641. The molecule has 81 valence electrons. The summed E-state index contributed by atoms with van der Waals surface area (Å²) in [5.41, 5.74) is -0.315. The van der Waals surface area contributed by atoms with Crippen molar-refractivity contribution >= 4 is 6.16 Å². The van der Waals surface area contributed by atoms with Crippen molar-refractivity contribution in [3.63, 3.8) is 0 Å². The summed E-state index contributed by atoms with van der Waals surface area (Å²) in [5, 5.41) is 0. The van der Waals surface area contributed by atoms with Gasteiger partial charge in [-0.3, -0.25) is 0 Å². The Morgan fingerprint density at radius 3 is 2.43 bits per heavy atom. The molecule has 0 aliphatic heterocycles. The molecule has 0 N–H and O–H groups in total. The van der Waals surface area contributed by atoms with Gasteiger partial charge in [-0.15, -0.1) is 0 Å².